The number of aryl methyl sites for hydroxylation is 1. The fraction of sp³-hybridized carbons (Fsp3) is 0.278. The molecule has 126 valence electrons. The fourth-order valence-corrected chi connectivity index (χ4v) is 3.64. The normalized spacial score (nSPS) is 17.0. The van der Waals surface area contributed by atoms with Crippen molar-refractivity contribution in [2.75, 3.05) is 11.0 Å². The molecule has 2 aromatic carbocycles. The van der Waals surface area contributed by atoms with E-state index in [0.29, 0.717) is 11.3 Å². The highest BCUT2D eigenvalue weighted by Crippen LogP contribution is 2.29. The first kappa shape index (κ1) is 16.5. The Morgan fingerprint density at radius 3 is 2.71 bits per heavy atom. The van der Waals surface area contributed by atoms with E-state index in [2.05, 4.69) is 22.2 Å². The van der Waals surface area contributed by atoms with Gasteiger partial charge in [0.15, 0.2) is 0 Å². The first-order valence-electron chi connectivity index (χ1n) is 7.89. The zero-order valence-corrected chi connectivity index (χ0v) is 14.3. The van der Waals surface area contributed by atoms with Crippen molar-refractivity contribution in [3.63, 3.8) is 0 Å². The lowest BCUT2D eigenvalue weighted by molar-refractivity contribution is 0.0933. The highest BCUT2D eigenvalue weighted by Gasteiger charge is 2.22. The smallest absolute Gasteiger partial charge is 0.251 e. The van der Waals surface area contributed by atoms with Gasteiger partial charge in [-0.3, -0.25) is 9.52 Å². The summed E-state index contributed by atoms with van der Waals surface area (Å²) in [7, 11) is -3.37. The molecule has 1 unspecified atom stereocenters. The number of sulfonamides is 1. The summed E-state index contributed by atoms with van der Waals surface area (Å²) < 4.78 is 25.0. The first-order valence-corrected chi connectivity index (χ1v) is 9.78. The highest BCUT2D eigenvalue weighted by molar-refractivity contribution is 7.92. The van der Waals surface area contributed by atoms with Crippen molar-refractivity contribution in [2.24, 2.45) is 0 Å². The van der Waals surface area contributed by atoms with Crippen LogP contribution in [0.5, 0.6) is 0 Å². The van der Waals surface area contributed by atoms with E-state index in [1.807, 2.05) is 12.1 Å². The SMILES string of the molecule is CS(=O)(=O)Nc1cccc(C(=O)NC2CCCc3ccccc32)c1. The van der Waals surface area contributed by atoms with Crippen LogP contribution >= 0.6 is 0 Å². The lowest BCUT2D eigenvalue weighted by Gasteiger charge is -2.26. The van der Waals surface area contributed by atoms with E-state index in [1.54, 1.807) is 24.3 Å². The number of hydrogen-bond acceptors (Lipinski definition) is 3. The lowest BCUT2D eigenvalue weighted by atomic mass is 9.87. The minimum Gasteiger partial charge on any atom is -0.345 e. The number of nitrogens with one attached hydrogen (secondary N) is 2. The summed E-state index contributed by atoms with van der Waals surface area (Å²) in [5.41, 5.74) is 3.27. The van der Waals surface area contributed by atoms with Crippen molar-refractivity contribution in [2.45, 2.75) is 25.3 Å². The number of anilines is 1. The zero-order chi connectivity index (χ0) is 17.2. The van der Waals surface area contributed by atoms with Crippen LogP contribution in [0.4, 0.5) is 5.69 Å². The molecule has 1 aliphatic rings. The van der Waals surface area contributed by atoms with Crippen LogP contribution in [0.1, 0.15) is 40.4 Å². The van der Waals surface area contributed by atoms with Crippen molar-refractivity contribution in [1.29, 1.82) is 0 Å². The van der Waals surface area contributed by atoms with E-state index in [0.717, 1.165) is 25.5 Å². The van der Waals surface area contributed by atoms with Crippen LogP contribution in [0.25, 0.3) is 0 Å². The topological polar surface area (TPSA) is 75.3 Å². The van der Waals surface area contributed by atoms with Gasteiger partial charge in [0.25, 0.3) is 5.91 Å². The fourth-order valence-electron chi connectivity index (χ4n) is 3.08. The largest absolute Gasteiger partial charge is 0.345 e. The predicted molar refractivity (Wildman–Crippen MR) is 94.5 cm³/mol. The third kappa shape index (κ3) is 3.94. The number of amides is 1. The Kier molecular flexibility index (Phi) is 4.57. The molecule has 0 saturated carbocycles. The van der Waals surface area contributed by atoms with Gasteiger partial charge in [0, 0.05) is 11.3 Å². The van der Waals surface area contributed by atoms with Gasteiger partial charge in [-0.15, -0.1) is 0 Å². The summed E-state index contributed by atoms with van der Waals surface area (Å²) in [6.45, 7) is 0. The van der Waals surface area contributed by atoms with Crippen LogP contribution in [0.3, 0.4) is 0 Å². The number of carbonyl (C=O) groups is 1. The van der Waals surface area contributed by atoms with Crippen molar-refractivity contribution in [3.8, 4) is 0 Å². The molecule has 0 saturated heterocycles. The van der Waals surface area contributed by atoms with Crippen molar-refractivity contribution < 1.29 is 13.2 Å². The van der Waals surface area contributed by atoms with Gasteiger partial charge in [-0.1, -0.05) is 30.3 Å². The molecule has 1 amide bonds. The Morgan fingerprint density at radius 2 is 1.92 bits per heavy atom. The average Bonchev–Trinajstić information content (AvgIpc) is 2.54. The standard InChI is InChI=1S/C18H20N2O3S/c1-24(22,23)20-15-9-4-8-14(12-15)18(21)19-17-11-5-7-13-6-2-3-10-16(13)17/h2-4,6,8-10,12,17,20H,5,7,11H2,1H3,(H,19,21). The minimum absolute atomic E-state index is 0.00558. The van der Waals surface area contributed by atoms with Gasteiger partial charge in [0.2, 0.25) is 10.0 Å². The van der Waals surface area contributed by atoms with Crippen LogP contribution < -0.4 is 10.0 Å². The maximum Gasteiger partial charge on any atom is 0.251 e. The Bertz CT molecular complexity index is 862. The number of carbonyl (C=O) groups excluding carboxylic acids is 1. The van der Waals surface area contributed by atoms with Gasteiger partial charge in [0.05, 0.1) is 12.3 Å². The van der Waals surface area contributed by atoms with Gasteiger partial charge < -0.3 is 5.32 Å². The van der Waals surface area contributed by atoms with Crippen LogP contribution in [-0.2, 0) is 16.4 Å². The predicted octanol–water partition coefficient (Wildman–Crippen LogP) is 2.87. The summed E-state index contributed by atoms with van der Waals surface area (Å²) in [5.74, 6) is -0.200. The molecule has 2 aromatic rings. The third-order valence-electron chi connectivity index (χ3n) is 4.10. The molecule has 0 aliphatic heterocycles. The molecule has 1 atom stereocenters. The number of hydrogen-bond donors (Lipinski definition) is 2. The van der Waals surface area contributed by atoms with E-state index in [1.165, 1.54) is 11.1 Å². The van der Waals surface area contributed by atoms with Gasteiger partial charge in [-0.05, 0) is 48.6 Å². The Morgan fingerprint density at radius 1 is 1.12 bits per heavy atom. The Labute approximate surface area is 142 Å². The molecule has 5 nitrogen and oxygen atoms in total. The van der Waals surface area contributed by atoms with Crippen molar-refractivity contribution in [3.05, 3.63) is 65.2 Å². The third-order valence-corrected chi connectivity index (χ3v) is 4.71. The summed E-state index contributed by atoms with van der Waals surface area (Å²) in [6, 6.07) is 14.7. The van der Waals surface area contributed by atoms with Gasteiger partial charge in [-0.25, -0.2) is 8.42 Å². The molecule has 6 heteroatoms. The Balaban J connectivity index is 1.78. The molecule has 3 rings (SSSR count). The monoisotopic (exact) mass is 344 g/mol. The van der Waals surface area contributed by atoms with Crippen LogP contribution in [0.2, 0.25) is 0 Å². The molecular formula is C18H20N2O3S. The Hall–Kier alpha value is -2.34. The van der Waals surface area contributed by atoms with Gasteiger partial charge in [-0.2, -0.15) is 0 Å². The van der Waals surface area contributed by atoms with E-state index < -0.39 is 10.0 Å². The van der Waals surface area contributed by atoms with Crippen LogP contribution in [0, 0.1) is 0 Å². The highest BCUT2D eigenvalue weighted by atomic mass is 32.2. The summed E-state index contributed by atoms with van der Waals surface area (Å²) in [6.07, 6.45) is 4.07. The molecule has 0 aromatic heterocycles. The second kappa shape index (κ2) is 6.65. The minimum atomic E-state index is -3.37. The van der Waals surface area contributed by atoms with Crippen LogP contribution in [-0.4, -0.2) is 20.6 Å². The lowest BCUT2D eigenvalue weighted by Crippen LogP contribution is -2.31. The second-order valence-corrected chi connectivity index (χ2v) is 7.82. The summed E-state index contributed by atoms with van der Waals surface area (Å²) in [4.78, 5) is 12.6. The van der Waals surface area contributed by atoms with E-state index in [9.17, 15) is 13.2 Å². The van der Waals surface area contributed by atoms with Crippen molar-refractivity contribution >= 4 is 21.6 Å². The molecule has 0 fully saturated rings. The molecule has 24 heavy (non-hydrogen) atoms. The first-order chi connectivity index (χ1) is 11.4. The number of fused-ring (bicyclic) bond motifs is 1. The second-order valence-electron chi connectivity index (χ2n) is 6.07. The van der Waals surface area contributed by atoms with Gasteiger partial charge in [0.1, 0.15) is 0 Å². The quantitative estimate of drug-likeness (QED) is 0.895. The van der Waals surface area contributed by atoms with E-state index in [-0.39, 0.29) is 11.9 Å². The molecule has 0 spiro atoms. The molecule has 0 heterocycles. The van der Waals surface area contributed by atoms with E-state index in [4.69, 9.17) is 0 Å². The summed E-state index contributed by atoms with van der Waals surface area (Å²) in [5, 5.41) is 3.07. The van der Waals surface area contributed by atoms with Crippen LogP contribution in [0.15, 0.2) is 48.5 Å². The molecular weight excluding hydrogens is 324 g/mol. The van der Waals surface area contributed by atoms with Gasteiger partial charge >= 0.3 is 0 Å². The van der Waals surface area contributed by atoms with E-state index >= 15 is 0 Å². The molecule has 2 N–H and O–H groups in total. The molecule has 0 radical (unpaired) electrons. The average molecular weight is 344 g/mol. The molecule has 1 aliphatic carbocycles. The zero-order valence-electron chi connectivity index (χ0n) is 13.5. The number of benzene rings is 2. The summed E-state index contributed by atoms with van der Waals surface area (Å²) >= 11 is 0. The van der Waals surface area contributed by atoms with Crippen molar-refractivity contribution in [1.82, 2.24) is 5.32 Å². The maximum atomic E-state index is 12.6. The number of rotatable bonds is 4. The maximum absolute atomic E-state index is 12.6. The molecule has 0 bridgehead atoms.